The highest BCUT2D eigenvalue weighted by Gasteiger charge is 2.28. The first-order valence-electron chi connectivity index (χ1n) is 7.46. The Morgan fingerprint density at radius 1 is 1.36 bits per heavy atom. The van der Waals surface area contributed by atoms with Gasteiger partial charge in [0.2, 0.25) is 5.91 Å². The molecule has 0 spiro atoms. The number of benzene rings is 1. The summed E-state index contributed by atoms with van der Waals surface area (Å²) >= 11 is 1.70. The molecular formula is C16H22ClN3OS. The zero-order valence-corrected chi connectivity index (χ0v) is 14.7. The molecule has 1 atom stereocenters. The lowest BCUT2D eigenvalue weighted by Crippen LogP contribution is -2.48. The Labute approximate surface area is 141 Å². The second-order valence-electron chi connectivity index (χ2n) is 6.09. The number of hydrogen-bond acceptors (Lipinski definition) is 4. The number of anilines is 1. The van der Waals surface area contributed by atoms with E-state index in [4.69, 9.17) is 0 Å². The molecule has 1 aromatic carbocycles. The number of carbonyl (C=O) groups is 1. The number of nitrogens with zero attached hydrogens (tertiary/aromatic N) is 1. The Morgan fingerprint density at radius 3 is 2.68 bits per heavy atom. The van der Waals surface area contributed by atoms with Gasteiger partial charge in [0, 0.05) is 17.5 Å². The number of nitrogens with one attached hydrogen (secondary N) is 2. The quantitative estimate of drug-likeness (QED) is 0.894. The summed E-state index contributed by atoms with van der Waals surface area (Å²) in [6.45, 7) is 8.19. The summed E-state index contributed by atoms with van der Waals surface area (Å²) in [6, 6.07) is 5.96. The van der Waals surface area contributed by atoms with Gasteiger partial charge in [0.25, 0.3) is 0 Å². The first-order valence-corrected chi connectivity index (χ1v) is 8.28. The molecule has 3 rings (SSSR count). The zero-order chi connectivity index (χ0) is 15.0. The van der Waals surface area contributed by atoms with Gasteiger partial charge in [-0.05, 0) is 37.2 Å². The minimum Gasteiger partial charge on any atom is -0.326 e. The maximum absolute atomic E-state index is 12.2. The van der Waals surface area contributed by atoms with E-state index in [9.17, 15) is 4.79 Å². The Bertz CT molecular complexity index is 666. The third kappa shape index (κ3) is 3.42. The molecule has 1 amide bonds. The molecule has 1 saturated heterocycles. The van der Waals surface area contributed by atoms with Gasteiger partial charge in [-0.15, -0.1) is 23.7 Å². The van der Waals surface area contributed by atoms with Crippen molar-refractivity contribution >= 4 is 45.6 Å². The number of aromatic nitrogens is 1. The molecule has 2 N–H and O–H groups in total. The fourth-order valence-electron chi connectivity index (χ4n) is 2.40. The number of thiazole rings is 1. The smallest absolute Gasteiger partial charge is 0.227 e. The molecule has 22 heavy (non-hydrogen) atoms. The molecule has 0 radical (unpaired) electrons. The molecule has 0 bridgehead atoms. The molecule has 0 aliphatic carbocycles. The largest absolute Gasteiger partial charge is 0.326 e. The van der Waals surface area contributed by atoms with Crippen molar-refractivity contribution in [3.63, 3.8) is 0 Å². The standard InChI is InChI=1S/C16H21N3OS.ClH/c1-9(2)16-19-13-5-4-12(6-14(13)21-16)18-15(20)10(3)11-7-17-8-11;/h4-6,9-11,17H,7-8H2,1-3H3,(H,18,20);1H. The fourth-order valence-corrected chi connectivity index (χ4v) is 3.41. The van der Waals surface area contributed by atoms with Crippen LogP contribution in [0.1, 0.15) is 31.7 Å². The van der Waals surface area contributed by atoms with Crippen LogP contribution in [-0.2, 0) is 4.79 Å². The first-order chi connectivity index (χ1) is 10.0. The molecule has 6 heteroatoms. The second kappa shape index (κ2) is 6.94. The van der Waals surface area contributed by atoms with Gasteiger partial charge in [0.05, 0.1) is 15.2 Å². The summed E-state index contributed by atoms with van der Waals surface area (Å²) < 4.78 is 1.13. The molecule has 4 nitrogen and oxygen atoms in total. The van der Waals surface area contributed by atoms with Crippen LogP contribution in [0.5, 0.6) is 0 Å². The van der Waals surface area contributed by atoms with E-state index in [0.29, 0.717) is 11.8 Å². The molecule has 2 aromatic rings. The predicted molar refractivity (Wildman–Crippen MR) is 95.1 cm³/mol. The van der Waals surface area contributed by atoms with Crippen LogP contribution in [-0.4, -0.2) is 24.0 Å². The average Bonchev–Trinajstić information content (AvgIpc) is 2.79. The van der Waals surface area contributed by atoms with Crippen LogP contribution >= 0.6 is 23.7 Å². The third-order valence-corrected chi connectivity index (χ3v) is 5.42. The van der Waals surface area contributed by atoms with Gasteiger partial charge in [-0.1, -0.05) is 20.8 Å². The highest BCUT2D eigenvalue weighted by Crippen LogP contribution is 2.29. The molecule has 1 fully saturated rings. The van der Waals surface area contributed by atoms with Crippen LogP contribution in [0.3, 0.4) is 0 Å². The number of fused-ring (bicyclic) bond motifs is 1. The van der Waals surface area contributed by atoms with Crippen LogP contribution in [0.25, 0.3) is 10.2 Å². The zero-order valence-electron chi connectivity index (χ0n) is 13.1. The van der Waals surface area contributed by atoms with Gasteiger partial charge < -0.3 is 10.6 Å². The molecule has 120 valence electrons. The minimum absolute atomic E-state index is 0. The number of carbonyl (C=O) groups excluding carboxylic acids is 1. The Kier molecular flexibility index (Phi) is 5.42. The topological polar surface area (TPSA) is 54.0 Å². The molecule has 1 unspecified atom stereocenters. The van der Waals surface area contributed by atoms with Crippen LogP contribution in [0.2, 0.25) is 0 Å². The number of rotatable bonds is 4. The van der Waals surface area contributed by atoms with Gasteiger partial charge >= 0.3 is 0 Å². The number of halogens is 1. The summed E-state index contributed by atoms with van der Waals surface area (Å²) in [4.78, 5) is 16.9. The van der Waals surface area contributed by atoms with Crippen LogP contribution < -0.4 is 10.6 Å². The lowest BCUT2D eigenvalue weighted by molar-refractivity contribution is -0.121. The Hall–Kier alpha value is -1.17. The van der Waals surface area contributed by atoms with E-state index in [2.05, 4.69) is 29.5 Å². The minimum atomic E-state index is 0. The lowest BCUT2D eigenvalue weighted by atomic mass is 9.88. The van der Waals surface area contributed by atoms with E-state index < -0.39 is 0 Å². The summed E-state index contributed by atoms with van der Waals surface area (Å²) in [5, 5.41) is 7.39. The maximum Gasteiger partial charge on any atom is 0.227 e. The molecule has 1 aliphatic heterocycles. The van der Waals surface area contributed by atoms with E-state index in [1.54, 1.807) is 11.3 Å². The van der Waals surface area contributed by atoms with E-state index in [1.807, 2.05) is 25.1 Å². The summed E-state index contributed by atoms with van der Waals surface area (Å²) in [7, 11) is 0. The molecule has 0 saturated carbocycles. The summed E-state index contributed by atoms with van der Waals surface area (Å²) in [5.41, 5.74) is 1.88. The molecular weight excluding hydrogens is 318 g/mol. The predicted octanol–water partition coefficient (Wildman–Crippen LogP) is 3.64. The van der Waals surface area contributed by atoms with Crippen LogP contribution in [0, 0.1) is 11.8 Å². The monoisotopic (exact) mass is 339 g/mol. The molecule has 1 aromatic heterocycles. The Morgan fingerprint density at radius 2 is 2.09 bits per heavy atom. The number of hydrogen-bond donors (Lipinski definition) is 2. The van der Waals surface area contributed by atoms with Gasteiger partial charge in [0.15, 0.2) is 0 Å². The highest BCUT2D eigenvalue weighted by molar-refractivity contribution is 7.18. The van der Waals surface area contributed by atoms with Crippen molar-refractivity contribution in [2.75, 3.05) is 18.4 Å². The van der Waals surface area contributed by atoms with Crippen molar-refractivity contribution < 1.29 is 4.79 Å². The van der Waals surface area contributed by atoms with E-state index in [-0.39, 0.29) is 24.2 Å². The van der Waals surface area contributed by atoms with Crippen molar-refractivity contribution in [3.05, 3.63) is 23.2 Å². The second-order valence-corrected chi connectivity index (χ2v) is 7.15. The SMILES string of the molecule is CC(C)c1nc2ccc(NC(=O)C(C)C3CNC3)cc2s1.Cl. The summed E-state index contributed by atoms with van der Waals surface area (Å²) in [6.07, 6.45) is 0. The average molecular weight is 340 g/mol. The van der Waals surface area contributed by atoms with Crippen molar-refractivity contribution in [2.45, 2.75) is 26.7 Å². The molecule has 2 heterocycles. The highest BCUT2D eigenvalue weighted by atomic mass is 35.5. The molecule has 1 aliphatic rings. The van der Waals surface area contributed by atoms with E-state index >= 15 is 0 Å². The van der Waals surface area contributed by atoms with E-state index in [0.717, 1.165) is 34.0 Å². The normalized spacial score (nSPS) is 16.2. The van der Waals surface area contributed by atoms with Crippen LogP contribution in [0.15, 0.2) is 18.2 Å². The lowest BCUT2D eigenvalue weighted by Gasteiger charge is -2.31. The Balaban J connectivity index is 0.00000176. The summed E-state index contributed by atoms with van der Waals surface area (Å²) in [5.74, 6) is 1.06. The van der Waals surface area contributed by atoms with Gasteiger partial charge in [-0.25, -0.2) is 4.98 Å². The van der Waals surface area contributed by atoms with Crippen molar-refractivity contribution in [2.24, 2.45) is 11.8 Å². The van der Waals surface area contributed by atoms with Crippen molar-refractivity contribution in [1.82, 2.24) is 10.3 Å². The fraction of sp³-hybridized carbons (Fsp3) is 0.500. The van der Waals surface area contributed by atoms with Crippen molar-refractivity contribution in [1.29, 1.82) is 0 Å². The maximum atomic E-state index is 12.2. The third-order valence-electron chi connectivity index (χ3n) is 4.10. The number of amides is 1. The van der Waals surface area contributed by atoms with Gasteiger partial charge in [0.1, 0.15) is 0 Å². The van der Waals surface area contributed by atoms with Crippen molar-refractivity contribution in [3.8, 4) is 0 Å². The van der Waals surface area contributed by atoms with E-state index in [1.165, 1.54) is 0 Å². The first kappa shape index (κ1) is 17.2. The van der Waals surface area contributed by atoms with Gasteiger partial charge in [-0.2, -0.15) is 0 Å². The van der Waals surface area contributed by atoms with Gasteiger partial charge in [-0.3, -0.25) is 4.79 Å². The van der Waals surface area contributed by atoms with Crippen LogP contribution in [0.4, 0.5) is 5.69 Å².